The first kappa shape index (κ1) is 30.3. The third-order valence-corrected chi connectivity index (χ3v) is 9.55. The number of alkyl halides is 2. The number of carbonyl (C=O) groups is 1. The quantitative estimate of drug-likeness (QED) is 0.421. The van der Waals surface area contributed by atoms with Crippen LogP contribution in [-0.4, -0.2) is 95.0 Å². The summed E-state index contributed by atoms with van der Waals surface area (Å²) in [4.78, 5) is 29.9. The van der Waals surface area contributed by atoms with Crippen LogP contribution in [0.1, 0.15) is 24.1 Å². The van der Waals surface area contributed by atoms with E-state index in [0.717, 1.165) is 28.5 Å². The molecule has 2 aliphatic carbocycles. The van der Waals surface area contributed by atoms with E-state index in [4.69, 9.17) is 26.3 Å². The maximum atomic E-state index is 14.1. The van der Waals surface area contributed by atoms with Crippen LogP contribution in [0.4, 0.5) is 14.6 Å². The Morgan fingerprint density at radius 1 is 1.20 bits per heavy atom. The van der Waals surface area contributed by atoms with Crippen molar-refractivity contribution < 1.29 is 18.3 Å². The Balaban J connectivity index is 1.30. The Morgan fingerprint density at radius 2 is 2.00 bits per heavy atom. The number of piperazine rings is 1. The summed E-state index contributed by atoms with van der Waals surface area (Å²) >= 11 is 6.72. The molecule has 0 aromatic carbocycles. The Labute approximate surface area is 261 Å². The summed E-state index contributed by atoms with van der Waals surface area (Å²) in [5, 5.41) is 10.3. The number of hydrogen-bond acceptors (Lipinski definition) is 8. The fraction of sp³-hybridized carbons (Fsp3) is 0.500. The van der Waals surface area contributed by atoms with Crippen molar-refractivity contribution in [2.45, 2.75) is 43.8 Å². The molecule has 1 aromatic heterocycles. The van der Waals surface area contributed by atoms with Gasteiger partial charge in [0.1, 0.15) is 12.4 Å². The van der Waals surface area contributed by atoms with Gasteiger partial charge < -0.3 is 19.4 Å². The van der Waals surface area contributed by atoms with Gasteiger partial charge in [0, 0.05) is 66.8 Å². The van der Waals surface area contributed by atoms with E-state index in [0.29, 0.717) is 38.4 Å². The largest absolute Gasteiger partial charge is 0.462 e. The maximum absolute atomic E-state index is 14.1. The van der Waals surface area contributed by atoms with Crippen LogP contribution in [0.25, 0.3) is 0 Å². The van der Waals surface area contributed by atoms with Crippen LogP contribution in [0.15, 0.2) is 59.8 Å². The first-order valence-corrected chi connectivity index (χ1v) is 15.4. The number of hydrogen-bond donors (Lipinski definition) is 0. The molecule has 0 spiro atoms. The molecule has 2 unspecified atom stereocenters. The Bertz CT molecular complexity index is 1490. The second-order valence-electron chi connectivity index (χ2n) is 12.0. The van der Waals surface area contributed by atoms with E-state index in [-0.39, 0.29) is 55.8 Å². The van der Waals surface area contributed by atoms with Crippen molar-refractivity contribution in [3.63, 3.8) is 0 Å². The molecule has 4 atom stereocenters. The van der Waals surface area contributed by atoms with Crippen LogP contribution in [0.2, 0.25) is 0 Å². The molecule has 12 heteroatoms. The lowest BCUT2D eigenvalue weighted by Gasteiger charge is -2.43. The van der Waals surface area contributed by atoms with Crippen molar-refractivity contribution in [1.82, 2.24) is 24.7 Å². The summed E-state index contributed by atoms with van der Waals surface area (Å²) in [7, 11) is 1.67. The van der Waals surface area contributed by atoms with E-state index in [1.54, 1.807) is 16.8 Å². The summed E-state index contributed by atoms with van der Waals surface area (Å²) in [6, 6.07) is 1.56. The SMILES string of the molecule is C=CC(=O)N1CCN(c2nc(OC[C@@H]3CC(F)(F)CN3C)nc3c2CCN(C2=CC=CC4C=CC=C(Cl)C24)C3)C[C@@H]1CC#N. The minimum atomic E-state index is -2.76. The molecule has 1 aromatic rings. The van der Waals surface area contributed by atoms with E-state index in [2.05, 4.69) is 46.8 Å². The van der Waals surface area contributed by atoms with Crippen molar-refractivity contribution in [2.24, 2.45) is 11.8 Å². The molecule has 0 bridgehead atoms. The van der Waals surface area contributed by atoms with Crippen molar-refractivity contribution in [3.05, 3.63) is 71.1 Å². The number of nitriles is 1. The van der Waals surface area contributed by atoms with Crippen molar-refractivity contribution in [3.8, 4) is 12.1 Å². The lowest BCUT2D eigenvalue weighted by atomic mass is 9.81. The lowest BCUT2D eigenvalue weighted by molar-refractivity contribution is -0.128. The van der Waals surface area contributed by atoms with Gasteiger partial charge in [0.2, 0.25) is 5.91 Å². The molecular formula is C32H36ClF2N7O2. The number of carbonyl (C=O) groups excluding carboxylic acids is 1. The zero-order valence-electron chi connectivity index (χ0n) is 24.7. The first-order valence-electron chi connectivity index (χ1n) is 15.0. The third-order valence-electron chi connectivity index (χ3n) is 9.19. The van der Waals surface area contributed by atoms with E-state index in [1.807, 2.05) is 12.2 Å². The van der Waals surface area contributed by atoms with Crippen molar-refractivity contribution in [2.75, 3.05) is 51.3 Å². The van der Waals surface area contributed by atoms with E-state index >= 15 is 0 Å². The van der Waals surface area contributed by atoms with Crippen molar-refractivity contribution in [1.29, 1.82) is 5.26 Å². The van der Waals surface area contributed by atoms with Crippen LogP contribution in [0, 0.1) is 23.2 Å². The number of likely N-dealkylation sites (N-methyl/N-ethyl adjacent to an activating group) is 1. The van der Waals surface area contributed by atoms with Gasteiger partial charge in [-0.25, -0.2) is 8.78 Å². The van der Waals surface area contributed by atoms with Crippen LogP contribution >= 0.6 is 11.6 Å². The predicted molar refractivity (Wildman–Crippen MR) is 163 cm³/mol. The molecule has 232 valence electrons. The minimum Gasteiger partial charge on any atom is -0.462 e. The number of halogens is 3. The molecular weight excluding hydrogens is 588 g/mol. The zero-order valence-corrected chi connectivity index (χ0v) is 25.5. The van der Waals surface area contributed by atoms with Crippen LogP contribution < -0.4 is 9.64 Å². The lowest BCUT2D eigenvalue weighted by Crippen LogP contribution is -2.55. The van der Waals surface area contributed by atoms with Crippen LogP contribution in [0.3, 0.4) is 0 Å². The molecule has 9 nitrogen and oxygen atoms in total. The number of fused-ring (bicyclic) bond motifs is 2. The van der Waals surface area contributed by atoms with Crippen LogP contribution in [-0.2, 0) is 17.8 Å². The van der Waals surface area contributed by atoms with Gasteiger partial charge in [-0.1, -0.05) is 42.5 Å². The fourth-order valence-corrected chi connectivity index (χ4v) is 7.29. The smallest absolute Gasteiger partial charge is 0.318 e. The molecule has 0 radical (unpaired) electrons. The number of anilines is 1. The Hall–Kier alpha value is -3.75. The molecule has 1 amide bonds. The second kappa shape index (κ2) is 12.3. The van der Waals surface area contributed by atoms with Gasteiger partial charge in [0.15, 0.2) is 0 Å². The Morgan fingerprint density at radius 3 is 2.73 bits per heavy atom. The summed E-state index contributed by atoms with van der Waals surface area (Å²) in [5.41, 5.74) is 2.92. The molecule has 4 heterocycles. The maximum Gasteiger partial charge on any atom is 0.318 e. The molecule has 2 saturated heterocycles. The number of rotatable bonds is 7. The monoisotopic (exact) mass is 623 g/mol. The minimum absolute atomic E-state index is 0.0343. The second-order valence-corrected chi connectivity index (χ2v) is 12.5. The summed E-state index contributed by atoms with van der Waals surface area (Å²) in [6.45, 7) is 5.94. The average molecular weight is 624 g/mol. The molecule has 3 aliphatic heterocycles. The van der Waals surface area contributed by atoms with Gasteiger partial charge in [-0.3, -0.25) is 9.69 Å². The van der Waals surface area contributed by atoms with Gasteiger partial charge in [-0.2, -0.15) is 15.2 Å². The molecule has 6 rings (SSSR count). The number of ether oxygens (including phenoxy) is 1. The van der Waals surface area contributed by atoms with E-state index in [9.17, 15) is 18.8 Å². The highest BCUT2D eigenvalue weighted by Gasteiger charge is 2.44. The highest BCUT2D eigenvalue weighted by molar-refractivity contribution is 6.30. The number of aromatic nitrogens is 2. The fourth-order valence-electron chi connectivity index (χ4n) is 6.96. The van der Waals surface area contributed by atoms with Gasteiger partial charge >= 0.3 is 6.01 Å². The van der Waals surface area contributed by atoms with Gasteiger partial charge in [-0.05, 0) is 31.7 Å². The summed E-state index contributed by atoms with van der Waals surface area (Å²) in [6.07, 6.45) is 14.3. The van der Waals surface area contributed by atoms with Crippen LogP contribution in [0.5, 0.6) is 6.01 Å². The molecule has 44 heavy (non-hydrogen) atoms. The highest BCUT2D eigenvalue weighted by atomic mass is 35.5. The molecule has 0 N–H and O–H groups in total. The van der Waals surface area contributed by atoms with E-state index < -0.39 is 12.0 Å². The zero-order chi connectivity index (χ0) is 31.0. The topological polar surface area (TPSA) is 88.8 Å². The average Bonchev–Trinajstić information content (AvgIpc) is 3.29. The third kappa shape index (κ3) is 5.97. The molecule has 5 aliphatic rings. The molecule has 2 fully saturated rings. The van der Waals surface area contributed by atoms with E-state index in [1.165, 1.54) is 6.08 Å². The van der Waals surface area contributed by atoms with Gasteiger partial charge in [-0.15, -0.1) is 0 Å². The predicted octanol–water partition coefficient (Wildman–Crippen LogP) is 4.05. The summed E-state index contributed by atoms with van der Waals surface area (Å²) in [5.74, 6) is -2.04. The van der Waals surface area contributed by atoms with Gasteiger partial charge in [0.05, 0.1) is 37.3 Å². The summed E-state index contributed by atoms with van der Waals surface area (Å²) < 4.78 is 34.2. The number of allylic oxidation sites excluding steroid dienone is 7. The Kier molecular flexibility index (Phi) is 8.49. The molecule has 0 saturated carbocycles. The standard InChI is InChI=1S/C32H36ClF2N7O2/c1-3-28(43)42-15-14-41(17-22(42)10-12-36)30-24-11-13-40(27-9-5-7-21-6-4-8-25(33)29(21)27)18-26(24)37-31(38-30)44-19-23-16-32(34,35)20-39(23)2/h3-9,21-23,29H,1,10-11,13-20H2,2H3/t21?,22-,23-,29?/m0/s1. The highest BCUT2D eigenvalue weighted by Crippen LogP contribution is 2.41. The van der Waals surface area contributed by atoms with Gasteiger partial charge in [0.25, 0.3) is 5.92 Å². The number of amides is 1. The normalized spacial score (nSPS) is 27.7. The number of likely N-dealkylation sites (tertiary alicyclic amines) is 1. The number of nitrogens with zero attached hydrogens (tertiary/aromatic N) is 7. The van der Waals surface area contributed by atoms with Crippen molar-refractivity contribution >= 4 is 23.3 Å². The first-order chi connectivity index (χ1) is 21.2.